The van der Waals surface area contributed by atoms with E-state index in [1.165, 1.54) is 0 Å². The third kappa shape index (κ3) is 1.67. The van der Waals surface area contributed by atoms with Crippen molar-refractivity contribution in [1.82, 2.24) is 15.2 Å². The average Bonchev–Trinajstić information content (AvgIpc) is 2.53. The maximum absolute atomic E-state index is 4.86. The number of H-pyrrole nitrogens is 2. The molecule has 0 amide bonds. The highest BCUT2D eigenvalue weighted by Gasteiger charge is 2.04. The number of nitrogens with zero attached hydrogens (tertiary/aromatic N) is 1. The largest absolute Gasteiger partial charge is 0.282 e. The fraction of sp³-hybridized carbons (Fsp3) is 0.111. The number of rotatable bonds is 1. The first-order valence-electron chi connectivity index (χ1n) is 3.97. The summed E-state index contributed by atoms with van der Waals surface area (Å²) in [4.78, 5) is 4.11. The van der Waals surface area contributed by atoms with E-state index in [1.807, 2.05) is 12.2 Å². The summed E-state index contributed by atoms with van der Waals surface area (Å²) in [7, 11) is 0. The van der Waals surface area contributed by atoms with Gasteiger partial charge in [-0.15, -0.1) is 0 Å². The zero-order chi connectivity index (χ0) is 9.26. The van der Waals surface area contributed by atoms with Crippen molar-refractivity contribution < 1.29 is 0 Å². The number of aromatic nitrogens is 3. The summed E-state index contributed by atoms with van der Waals surface area (Å²) in [6.07, 6.45) is 6.91. The summed E-state index contributed by atoms with van der Waals surface area (Å²) in [5.74, 6) is 0.786. The molecular formula is C9H9N3S. The van der Waals surface area contributed by atoms with Gasteiger partial charge in [0.15, 0.2) is 5.82 Å². The van der Waals surface area contributed by atoms with E-state index in [-0.39, 0.29) is 0 Å². The van der Waals surface area contributed by atoms with Crippen LogP contribution in [0.1, 0.15) is 12.2 Å². The zero-order valence-corrected chi connectivity index (χ0v) is 7.82. The Labute approximate surface area is 80.9 Å². The normalized spacial score (nSPS) is 16.0. The molecule has 1 aromatic rings. The van der Waals surface area contributed by atoms with Crippen molar-refractivity contribution >= 4 is 17.8 Å². The maximum Gasteiger partial charge on any atom is 0.213 e. The van der Waals surface area contributed by atoms with Crippen LogP contribution in [0, 0.1) is 4.77 Å². The fourth-order valence-electron chi connectivity index (χ4n) is 1.17. The van der Waals surface area contributed by atoms with Gasteiger partial charge < -0.3 is 0 Å². The van der Waals surface area contributed by atoms with Crippen LogP contribution < -0.4 is 0 Å². The molecule has 0 saturated heterocycles. The van der Waals surface area contributed by atoms with Gasteiger partial charge in [-0.2, -0.15) is 4.98 Å². The van der Waals surface area contributed by atoms with Crippen molar-refractivity contribution in [3.05, 3.63) is 41.0 Å². The van der Waals surface area contributed by atoms with Gasteiger partial charge in [0.25, 0.3) is 0 Å². The molecule has 4 heteroatoms. The molecule has 0 atom stereocenters. The molecule has 1 aliphatic rings. The second-order valence-corrected chi connectivity index (χ2v) is 3.26. The van der Waals surface area contributed by atoms with Gasteiger partial charge in [0.2, 0.25) is 4.77 Å². The van der Waals surface area contributed by atoms with Gasteiger partial charge in [0.1, 0.15) is 0 Å². The Hall–Kier alpha value is -1.42. The molecule has 0 bridgehead atoms. The van der Waals surface area contributed by atoms with Gasteiger partial charge in [-0.05, 0) is 18.6 Å². The van der Waals surface area contributed by atoms with Gasteiger partial charge in [0, 0.05) is 5.57 Å². The topological polar surface area (TPSA) is 44.5 Å². The minimum Gasteiger partial charge on any atom is -0.282 e. The predicted molar refractivity (Wildman–Crippen MR) is 54.6 cm³/mol. The van der Waals surface area contributed by atoms with E-state index in [2.05, 4.69) is 27.8 Å². The Morgan fingerprint density at radius 2 is 2.23 bits per heavy atom. The molecule has 0 saturated carbocycles. The monoisotopic (exact) mass is 191 g/mol. The second-order valence-electron chi connectivity index (χ2n) is 2.87. The van der Waals surface area contributed by atoms with E-state index in [1.54, 1.807) is 0 Å². The highest BCUT2D eigenvalue weighted by molar-refractivity contribution is 7.71. The van der Waals surface area contributed by atoms with Crippen LogP contribution in [-0.2, 0) is 0 Å². The van der Waals surface area contributed by atoms with E-state index in [0.29, 0.717) is 4.77 Å². The first-order valence-corrected chi connectivity index (χ1v) is 4.37. The summed E-state index contributed by atoms with van der Waals surface area (Å²) >= 11 is 4.86. The summed E-state index contributed by atoms with van der Waals surface area (Å²) < 4.78 is 0.480. The van der Waals surface area contributed by atoms with E-state index < -0.39 is 0 Å². The highest BCUT2D eigenvalue weighted by Crippen LogP contribution is 2.19. The van der Waals surface area contributed by atoms with Crippen LogP contribution in [0.3, 0.4) is 0 Å². The third-order valence-corrected chi connectivity index (χ3v) is 2.05. The Bertz CT molecular complexity index is 447. The molecule has 0 fully saturated rings. The molecule has 13 heavy (non-hydrogen) atoms. The highest BCUT2D eigenvalue weighted by atomic mass is 32.1. The van der Waals surface area contributed by atoms with Crippen LogP contribution in [0.25, 0.3) is 5.57 Å². The molecule has 0 radical (unpaired) electrons. The van der Waals surface area contributed by atoms with Crippen LogP contribution in [0.4, 0.5) is 0 Å². The lowest BCUT2D eigenvalue weighted by Gasteiger charge is -2.04. The Balaban J connectivity index is 2.34. The zero-order valence-electron chi connectivity index (χ0n) is 7.00. The SMILES string of the molecule is C=C1C=CC(c2nc(=S)[nH][nH]2)=CC1. The van der Waals surface area contributed by atoms with Gasteiger partial charge in [-0.1, -0.05) is 30.4 Å². The Kier molecular flexibility index (Phi) is 1.98. The first-order chi connectivity index (χ1) is 6.25. The van der Waals surface area contributed by atoms with Crippen LogP contribution in [0.2, 0.25) is 0 Å². The van der Waals surface area contributed by atoms with Crippen molar-refractivity contribution in [3.8, 4) is 0 Å². The van der Waals surface area contributed by atoms with Crippen molar-refractivity contribution in [2.75, 3.05) is 0 Å². The number of aromatic amines is 2. The molecule has 2 rings (SSSR count). The standard InChI is InChI=1S/C9H9N3S/c1-6-2-4-7(5-3-6)8-10-9(13)12-11-8/h2,4-5H,1,3H2,(H2,10,11,12,13). The van der Waals surface area contributed by atoms with E-state index in [4.69, 9.17) is 12.2 Å². The van der Waals surface area contributed by atoms with Crippen molar-refractivity contribution in [2.45, 2.75) is 6.42 Å². The van der Waals surface area contributed by atoms with Gasteiger partial charge >= 0.3 is 0 Å². The quantitative estimate of drug-likeness (QED) is 0.669. The maximum atomic E-state index is 4.86. The molecule has 1 aliphatic carbocycles. The Morgan fingerprint density at radius 1 is 1.38 bits per heavy atom. The lowest BCUT2D eigenvalue weighted by atomic mass is 10.0. The molecule has 0 aromatic carbocycles. The minimum absolute atomic E-state index is 0.480. The smallest absolute Gasteiger partial charge is 0.213 e. The summed E-state index contributed by atoms with van der Waals surface area (Å²) in [6.45, 7) is 3.86. The van der Waals surface area contributed by atoms with Crippen molar-refractivity contribution in [1.29, 1.82) is 0 Å². The molecule has 0 spiro atoms. The molecule has 2 N–H and O–H groups in total. The molecule has 0 unspecified atom stereocenters. The third-order valence-electron chi connectivity index (χ3n) is 1.86. The molecule has 66 valence electrons. The fourth-order valence-corrected chi connectivity index (χ4v) is 1.31. The van der Waals surface area contributed by atoms with Crippen molar-refractivity contribution in [3.63, 3.8) is 0 Å². The summed E-state index contributed by atoms with van der Waals surface area (Å²) in [5, 5.41) is 5.66. The Morgan fingerprint density at radius 3 is 2.77 bits per heavy atom. The molecule has 0 aliphatic heterocycles. The van der Waals surface area contributed by atoms with E-state index in [9.17, 15) is 0 Å². The minimum atomic E-state index is 0.480. The predicted octanol–water partition coefficient (Wildman–Crippen LogP) is 2.37. The van der Waals surface area contributed by atoms with Crippen LogP contribution in [0.5, 0.6) is 0 Å². The molecule has 1 heterocycles. The lowest BCUT2D eigenvalue weighted by molar-refractivity contribution is 1.06. The van der Waals surface area contributed by atoms with E-state index in [0.717, 1.165) is 23.4 Å². The van der Waals surface area contributed by atoms with Gasteiger partial charge in [-0.25, -0.2) is 0 Å². The lowest BCUT2D eigenvalue weighted by Crippen LogP contribution is -1.89. The van der Waals surface area contributed by atoms with Crippen LogP contribution in [0.15, 0.2) is 30.4 Å². The van der Waals surface area contributed by atoms with Gasteiger partial charge in [0.05, 0.1) is 0 Å². The van der Waals surface area contributed by atoms with Gasteiger partial charge in [-0.3, -0.25) is 10.2 Å². The van der Waals surface area contributed by atoms with Crippen LogP contribution in [-0.4, -0.2) is 15.2 Å². The second kappa shape index (κ2) is 3.14. The molecular weight excluding hydrogens is 182 g/mol. The number of allylic oxidation sites excluding steroid dienone is 5. The average molecular weight is 191 g/mol. The number of hydrogen-bond donors (Lipinski definition) is 2. The molecule has 3 nitrogen and oxygen atoms in total. The van der Waals surface area contributed by atoms with E-state index >= 15 is 0 Å². The molecule has 1 aromatic heterocycles. The number of nitrogens with one attached hydrogen (secondary N) is 2. The first kappa shape index (κ1) is 8.19. The van der Waals surface area contributed by atoms with Crippen molar-refractivity contribution in [2.24, 2.45) is 0 Å². The number of hydrogen-bond acceptors (Lipinski definition) is 2. The summed E-state index contributed by atoms with van der Waals surface area (Å²) in [5.41, 5.74) is 2.16. The van der Waals surface area contributed by atoms with Crippen LogP contribution >= 0.6 is 12.2 Å². The summed E-state index contributed by atoms with van der Waals surface area (Å²) in [6, 6.07) is 0.